The van der Waals surface area contributed by atoms with Crippen LogP contribution in [0.25, 0.3) is 0 Å². The van der Waals surface area contributed by atoms with Gasteiger partial charge in [-0.2, -0.15) is 0 Å². The number of nitrogens with zero attached hydrogens (tertiary/aromatic N) is 3. The van der Waals surface area contributed by atoms with Crippen LogP contribution in [0.3, 0.4) is 0 Å². The van der Waals surface area contributed by atoms with Gasteiger partial charge in [-0.1, -0.05) is 18.2 Å². The first-order valence-electron chi connectivity index (χ1n) is 11.4. The van der Waals surface area contributed by atoms with Crippen LogP contribution in [0.5, 0.6) is 0 Å². The van der Waals surface area contributed by atoms with E-state index in [1.54, 1.807) is 4.90 Å². The van der Waals surface area contributed by atoms with Crippen molar-refractivity contribution in [3.05, 3.63) is 95.3 Å². The first-order valence-corrected chi connectivity index (χ1v) is 11.4. The fourth-order valence-electron chi connectivity index (χ4n) is 4.68. The van der Waals surface area contributed by atoms with Crippen molar-refractivity contribution in [2.45, 2.75) is 12.8 Å². The minimum atomic E-state index is -0.363. The van der Waals surface area contributed by atoms with Crippen molar-refractivity contribution in [2.75, 3.05) is 42.5 Å². The lowest BCUT2D eigenvalue weighted by Gasteiger charge is -2.36. The predicted molar refractivity (Wildman–Crippen MR) is 127 cm³/mol. The number of hydrogen-bond donors (Lipinski definition) is 0. The largest absolute Gasteiger partial charge is 0.368 e. The molecule has 168 valence electrons. The van der Waals surface area contributed by atoms with Crippen LogP contribution in [-0.4, -0.2) is 49.4 Å². The zero-order valence-electron chi connectivity index (χ0n) is 18.4. The van der Waals surface area contributed by atoms with Gasteiger partial charge in [0.05, 0.1) is 0 Å². The van der Waals surface area contributed by atoms with E-state index in [-0.39, 0.29) is 17.6 Å². The Hall–Kier alpha value is -3.67. The lowest BCUT2D eigenvalue weighted by atomic mass is 9.97. The van der Waals surface area contributed by atoms with Gasteiger partial charge in [0.15, 0.2) is 0 Å². The van der Waals surface area contributed by atoms with Gasteiger partial charge in [-0.15, -0.1) is 0 Å². The molecule has 2 aliphatic rings. The van der Waals surface area contributed by atoms with E-state index in [2.05, 4.69) is 17.0 Å². The summed E-state index contributed by atoms with van der Waals surface area (Å²) in [4.78, 5) is 32.1. The summed E-state index contributed by atoms with van der Waals surface area (Å²) >= 11 is 0. The fraction of sp³-hybridized carbons (Fsp3) is 0.259. The van der Waals surface area contributed by atoms with Gasteiger partial charge in [0.1, 0.15) is 5.82 Å². The van der Waals surface area contributed by atoms with Gasteiger partial charge in [-0.05, 0) is 73.0 Å². The summed E-state index contributed by atoms with van der Waals surface area (Å²) in [6, 6.07) is 21.5. The molecule has 33 heavy (non-hydrogen) atoms. The number of anilines is 2. The highest BCUT2D eigenvalue weighted by atomic mass is 19.1. The highest BCUT2D eigenvalue weighted by Crippen LogP contribution is 2.30. The van der Waals surface area contributed by atoms with Crippen LogP contribution in [0.2, 0.25) is 0 Å². The molecule has 0 bridgehead atoms. The number of amides is 2. The van der Waals surface area contributed by atoms with E-state index in [1.165, 1.54) is 30.0 Å². The molecule has 2 aliphatic heterocycles. The van der Waals surface area contributed by atoms with Gasteiger partial charge in [0.2, 0.25) is 0 Å². The Morgan fingerprint density at radius 1 is 0.727 bits per heavy atom. The van der Waals surface area contributed by atoms with Crippen molar-refractivity contribution >= 4 is 23.2 Å². The van der Waals surface area contributed by atoms with Gasteiger partial charge >= 0.3 is 0 Å². The number of rotatable bonds is 3. The Balaban J connectivity index is 1.29. The highest BCUT2D eigenvalue weighted by molar-refractivity contribution is 6.07. The summed E-state index contributed by atoms with van der Waals surface area (Å²) in [5.74, 6) is -0.474. The maximum Gasteiger partial charge on any atom is 0.258 e. The van der Waals surface area contributed by atoms with Crippen LogP contribution in [-0.2, 0) is 6.42 Å². The number of para-hydroxylation sites is 1. The van der Waals surface area contributed by atoms with E-state index in [4.69, 9.17) is 0 Å². The quantitative estimate of drug-likeness (QED) is 0.603. The molecule has 0 aliphatic carbocycles. The van der Waals surface area contributed by atoms with Gasteiger partial charge in [0.25, 0.3) is 11.8 Å². The first-order chi connectivity index (χ1) is 16.1. The third kappa shape index (κ3) is 4.33. The van der Waals surface area contributed by atoms with Gasteiger partial charge in [-0.3, -0.25) is 9.59 Å². The Bertz CT molecular complexity index is 1160. The van der Waals surface area contributed by atoms with E-state index in [0.29, 0.717) is 30.8 Å². The Kier molecular flexibility index (Phi) is 5.82. The number of fused-ring (bicyclic) bond motifs is 1. The number of benzene rings is 3. The normalized spacial score (nSPS) is 15.8. The number of aryl methyl sites for hydroxylation is 1. The molecule has 6 heteroatoms. The molecule has 0 saturated carbocycles. The second-order valence-corrected chi connectivity index (χ2v) is 8.53. The zero-order chi connectivity index (χ0) is 22.8. The van der Waals surface area contributed by atoms with Crippen LogP contribution < -0.4 is 9.80 Å². The fourth-order valence-corrected chi connectivity index (χ4v) is 4.68. The van der Waals surface area contributed by atoms with Gasteiger partial charge < -0.3 is 14.7 Å². The smallest absolute Gasteiger partial charge is 0.258 e. The molecule has 3 aromatic rings. The van der Waals surface area contributed by atoms with Crippen molar-refractivity contribution in [3.63, 3.8) is 0 Å². The molecule has 0 N–H and O–H groups in total. The number of carbonyl (C=O) groups excluding carboxylic acids is 2. The van der Waals surface area contributed by atoms with Crippen LogP contribution in [0.4, 0.5) is 15.8 Å². The van der Waals surface area contributed by atoms with Crippen molar-refractivity contribution in [2.24, 2.45) is 0 Å². The summed E-state index contributed by atoms with van der Waals surface area (Å²) in [5.41, 5.74) is 4.15. The zero-order valence-corrected chi connectivity index (χ0v) is 18.4. The third-order valence-corrected chi connectivity index (χ3v) is 6.47. The second kappa shape index (κ2) is 9.06. The lowest BCUT2D eigenvalue weighted by molar-refractivity contribution is 0.0746. The van der Waals surface area contributed by atoms with E-state index in [0.717, 1.165) is 37.2 Å². The van der Waals surface area contributed by atoms with E-state index < -0.39 is 0 Å². The maximum atomic E-state index is 13.2. The van der Waals surface area contributed by atoms with Crippen LogP contribution in [0.1, 0.15) is 32.7 Å². The molecule has 0 aromatic heterocycles. The SMILES string of the molecule is O=C(c1ccc2c(c1)CCCN2C(=O)c1ccc(F)cc1)N1CCN(c2ccccc2)CC1. The summed E-state index contributed by atoms with van der Waals surface area (Å²) < 4.78 is 13.2. The predicted octanol–water partition coefficient (Wildman–Crippen LogP) is 4.38. The van der Waals surface area contributed by atoms with E-state index >= 15 is 0 Å². The number of carbonyl (C=O) groups is 2. The molecule has 0 unspecified atom stereocenters. The first kappa shape index (κ1) is 21.2. The van der Waals surface area contributed by atoms with Crippen molar-refractivity contribution in [1.29, 1.82) is 0 Å². The highest BCUT2D eigenvalue weighted by Gasteiger charge is 2.27. The molecule has 5 nitrogen and oxygen atoms in total. The summed E-state index contributed by atoms with van der Waals surface area (Å²) in [6.07, 6.45) is 1.65. The van der Waals surface area contributed by atoms with Crippen LogP contribution in [0, 0.1) is 5.82 Å². The van der Waals surface area contributed by atoms with E-state index in [1.807, 2.05) is 41.3 Å². The molecule has 2 heterocycles. The molecule has 1 fully saturated rings. The van der Waals surface area contributed by atoms with Crippen LogP contribution in [0.15, 0.2) is 72.8 Å². The number of halogens is 1. The second-order valence-electron chi connectivity index (χ2n) is 8.53. The Morgan fingerprint density at radius 2 is 1.42 bits per heavy atom. The van der Waals surface area contributed by atoms with E-state index in [9.17, 15) is 14.0 Å². The molecular formula is C27H26FN3O2. The average Bonchev–Trinajstić information content (AvgIpc) is 2.88. The summed E-state index contributed by atoms with van der Waals surface area (Å²) in [6.45, 7) is 3.58. The van der Waals surface area contributed by atoms with Crippen molar-refractivity contribution in [3.8, 4) is 0 Å². The Morgan fingerprint density at radius 3 is 2.15 bits per heavy atom. The molecular weight excluding hydrogens is 417 g/mol. The molecule has 3 aromatic carbocycles. The summed E-state index contributed by atoms with van der Waals surface area (Å²) in [7, 11) is 0. The number of hydrogen-bond acceptors (Lipinski definition) is 3. The molecule has 5 rings (SSSR count). The molecule has 0 atom stereocenters. The molecule has 1 saturated heterocycles. The van der Waals surface area contributed by atoms with Gasteiger partial charge in [-0.25, -0.2) is 4.39 Å². The number of piperazine rings is 1. The molecule has 2 amide bonds. The van der Waals surface area contributed by atoms with Crippen molar-refractivity contribution < 1.29 is 14.0 Å². The minimum Gasteiger partial charge on any atom is -0.368 e. The maximum absolute atomic E-state index is 13.2. The molecule has 0 radical (unpaired) electrons. The minimum absolute atomic E-state index is 0.0347. The Labute approximate surface area is 193 Å². The molecule has 0 spiro atoms. The third-order valence-electron chi connectivity index (χ3n) is 6.47. The van der Waals surface area contributed by atoms with Crippen LogP contribution >= 0.6 is 0 Å². The standard InChI is InChI=1S/C27H26FN3O2/c28-23-11-8-20(9-12-23)27(33)31-14-4-5-21-19-22(10-13-25(21)31)26(32)30-17-15-29(16-18-30)24-6-2-1-3-7-24/h1-3,6-13,19H,4-5,14-18H2. The lowest BCUT2D eigenvalue weighted by Crippen LogP contribution is -2.48. The average molecular weight is 444 g/mol. The monoisotopic (exact) mass is 443 g/mol. The topological polar surface area (TPSA) is 43.9 Å². The summed E-state index contributed by atoms with van der Waals surface area (Å²) in [5, 5.41) is 0. The van der Waals surface area contributed by atoms with Crippen molar-refractivity contribution in [1.82, 2.24) is 4.90 Å². The van der Waals surface area contributed by atoms with Gasteiger partial charge in [0, 0.05) is 55.2 Å².